The largest absolute Gasteiger partial charge is 0.497 e. The number of amides is 1. The zero-order valence-electron chi connectivity index (χ0n) is 22.2. The summed E-state index contributed by atoms with van der Waals surface area (Å²) in [7, 11) is -7.83. The van der Waals surface area contributed by atoms with Gasteiger partial charge in [0.2, 0.25) is 5.90 Å². The molecule has 1 amide bonds. The minimum Gasteiger partial charge on any atom is -0.497 e. The standard InChI is InChI=1S/C31H27NO7S2/c1-31(30(33)32-28(39-31)23-12-6-3-7-13-23)27(22-18-20-24(38-2)21-19-22)29(40(34,35)25-14-8-4-9-15-25)41(36,37)26-16-10-5-11-17-26/h3-21,27,29H,1-2H3/t27-,31-/m0/s1. The Hall–Kier alpha value is -4.28. The topological polar surface area (TPSA) is 116 Å². The normalized spacial score (nSPS) is 18.0. The predicted molar refractivity (Wildman–Crippen MR) is 154 cm³/mol. The van der Waals surface area contributed by atoms with Crippen LogP contribution in [-0.2, 0) is 29.2 Å². The summed E-state index contributed by atoms with van der Waals surface area (Å²) in [5, 5.41) is 0. The Balaban J connectivity index is 1.78. The molecule has 0 bridgehead atoms. The molecule has 0 spiro atoms. The number of ether oxygens (including phenoxy) is 2. The second kappa shape index (κ2) is 10.9. The van der Waals surface area contributed by atoms with Crippen molar-refractivity contribution in [2.24, 2.45) is 4.99 Å². The summed E-state index contributed by atoms with van der Waals surface area (Å²) in [6.45, 7) is 1.39. The fraction of sp³-hybridized carbons (Fsp3) is 0.161. The van der Waals surface area contributed by atoms with Crippen molar-refractivity contribution in [1.82, 2.24) is 0 Å². The first-order valence-electron chi connectivity index (χ1n) is 12.7. The molecule has 4 aromatic rings. The Kier molecular flexibility index (Phi) is 7.54. The number of sulfone groups is 2. The molecule has 4 aromatic carbocycles. The molecule has 8 nitrogen and oxygen atoms in total. The molecule has 0 saturated heterocycles. The summed E-state index contributed by atoms with van der Waals surface area (Å²) in [5.41, 5.74) is -1.27. The molecular weight excluding hydrogens is 562 g/mol. The molecular formula is C31H27NO7S2. The Morgan fingerprint density at radius 1 is 0.707 bits per heavy atom. The number of hydrogen-bond acceptors (Lipinski definition) is 7. The maximum atomic E-state index is 14.4. The van der Waals surface area contributed by atoms with Gasteiger partial charge in [0, 0.05) is 5.56 Å². The van der Waals surface area contributed by atoms with Crippen LogP contribution in [-0.4, -0.2) is 45.9 Å². The molecule has 0 saturated carbocycles. The molecule has 0 aliphatic carbocycles. The van der Waals surface area contributed by atoms with Crippen molar-refractivity contribution in [2.75, 3.05) is 7.11 Å². The van der Waals surface area contributed by atoms with E-state index in [2.05, 4.69) is 4.99 Å². The number of benzene rings is 4. The first-order chi connectivity index (χ1) is 19.6. The van der Waals surface area contributed by atoms with Gasteiger partial charge in [-0.15, -0.1) is 0 Å². The second-order valence-corrected chi connectivity index (χ2v) is 14.1. The molecule has 2 atom stereocenters. The highest BCUT2D eigenvalue weighted by molar-refractivity contribution is 8.09. The number of nitrogens with zero attached hydrogens (tertiary/aromatic N) is 1. The SMILES string of the molecule is COc1ccc([C@@H](C(S(=O)(=O)c2ccccc2)S(=O)(=O)c2ccccc2)[C@]2(C)OC(c3ccccc3)=NC2=O)cc1. The van der Waals surface area contributed by atoms with Gasteiger partial charge in [-0.2, -0.15) is 4.99 Å². The third-order valence-electron chi connectivity index (χ3n) is 7.05. The monoisotopic (exact) mass is 589 g/mol. The Labute approximate surface area is 239 Å². The van der Waals surface area contributed by atoms with Gasteiger partial charge in [0.25, 0.3) is 5.91 Å². The first-order valence-corrected chi connectivity index (χ1v) is 15.8. The molecule has 210 valence electrons. The van der Waals surface area contributed by atoms with Crippen molar-refractivity contribution in [3.8, 4) is 5.75 Å². The third-order valence-corrected chi connectivity index (χ3v) is 12.2. The predicted octanol–water partition coefficient (Wildman–Crippen LogP) is 4.82. The van der Waals surface area contributed by atoms with Crippen LogP contribution >= 0.6 is 0 Å². The summed E-state index contributed by atoms with van der Waals surface area (Å²) in [5.74, 6) is -1.90. The van der Waals surface area contributed by atoms with Crippen molar-refractivity contribution < 1.29 is 31.1 Å². The molecule has 1 aliphatic heterocycles. The van der Waals surface area contributed by atoms with Crippen LogP contribution in [0.4, 0.5) is 0 Å². The lowest BCUT2D eigenvalue weighted by Crippen LogP contribution is -2.51. The molecule has 0 unspecified atom stereocenters. The smallest absolute Gasteiger partial charge is 0.293 e. The minimum absolute atomic E-state index is 0.0235. The number of rotatable bonds is 9. The van der Waals surface area contributed by atoms with Crippen LogP contribution < -0.4 is 4.74 Å². The van der Waals surface area contributed by atoms with Crippen LogP contribution in [0.15, 0.2) is 130 Å². The van der Waals surface area contributed by atoms with Gasteiger partial charge < -0.3 is 9.47 Å². The first kappa shape index (κ1) is 28.3. The van der Waals surface area contributed by atoms with E-state index in [1.807, 2.05) is 0 Å². The van der Waals surface area contributed by atoms with Crippen molar-refractivity contribution >= 4 is 31.5 Å². The molecule has 0 fully saturated rings. The molecule has 10 heteroatoms. The van der Waals surface area contributed by atoms with Crippen LogP contribution in [0.25, 0.3) is 0 Å². The van der Waals surface area contributed by atoms with E-state index in [0.29, 0.717) is 11.3 Å². The van der Waals surface area contributed by atoms with Crippen molar-refractivity contribution in [3.63, 3.8) is 0 Å². The van der Waals surface area contributed by atoms with Gasteiger partial charge in [-0.1, -0.05) is 66.7 Å². The van der Waals surface area contributed by atoms with Gasteiger partial charge >= 0.3 is 0 Å². The van der Waals surface area contributed by atoms with Crippen LogP contribution in [0, 0.1) is 0 Å². The Morgan fingerprint density at radius 3 is 1.63 bits per heavy atom. The van der Waals surface area contributed by atoms with Gasteiger partial charge in [-0.25, -0.2) is 16.8 Å². The van der Waals surface area contributed by atoms with Crippen LogP contribution in [0.1, 0.15) is 24.0 Å². The van der Waals surface area contributed by atoms with Gasteiger partial charge in [0.05, 0.1) is 22.8 Å². The molecule has 0 aromatic heterocycles. The maximum Gasteiger partial charge on any atom is 0.293 e. The zero-order valence-corrected chi connectivity index (χ0v) is 23.9. The van der Waals surface area contributed by atoms with E-state index >= 15 is 0 Å². The summed E-state index contributed by atoms with van der Waals surface area (Å²) >= 11 is 0. The average Bonchev–Trinajstić information content (AvgIpc) is 3.31. The van der Waals surface area contributed by atoms with E-state index in [-0.39, 0.29) is 21.3 Å². The fourth-order valence-corrected chi connectivity index (χ4v) is 10.1. The van der Waals surface area contributed by atoms with Crippen LogP contribution in [0.2, 0.25) is 0 Å². The van der Waals surface area contributed by atoms with Crippen molar-refractivity contribution in [3.05, 3.63) is 126 Å². The number of carbonyl (C=O) groups excluding carboxylic acids is 1. The van der Waals surface area contributed by atoms with E-state index in [4.69, 9.17) is 9.47 Å². The number of aliphatic imine (C=N–C) groups is 1. The van der Waals surface area contributed by atoms with E-state index in [1.54, 1.807) is 66.7 Å². The van der Waals surface area contributed by atoms with Crippen LogP contribution in [0.5, 0.6) is 5.75 Å². The lowest BCUT2D eigenvalue weighted by Gasteiger charge is -2.36. The lowest BCUT2D eigenvalue weighted by atomic mass is 9.84. The van der Waals surface area contributed by atoms with Crippen molar-refractivity contribution in [2.45, 2.75) is 32.8 Å². The second-order valence-electron chi connectivity index (χ2n) is 9.63. The van der Waals surface area contributed by atoms with E-state index < -0.39 is 41.7 Å². The zero-order chi connectivity index (χ0) is 29.3. The van der Waals surface area contributed by atoms with Gasteiger partial charge in [0.15, 0.2) is 29.9 Å². The summed E-state index contributed by atoms with van der Waals surface area (Å²) in [6.07, 6.45) is 0. The van der Waals surface area contributed by atoms with Gasteiger partial charge in [-0.05, 0) is 61.0 Å². The highest BCUT2D eigenvalue weighted by Gasteiger charge is 2.59. The molecule has 1 heterocycles. The molecule has 41 heavy (non-hydrogen) atoms. The quantitative estimate of drug-likeness (QED) is 0.275. The van der Waals surface area contributed by atoms with E-state index in [0.717, 1.165) is 0 Å². The summed E-state index contributed by atoms with van der Waals surface area (Å²) in [6, 6.07) is 29.5. The fourth-order valence-electron chi connectivity index (χ4n) is 4.93. The third kappa shape index (κ3) is 5.16. The van der Waals surface area contributed by atoms with E-state index in [1.165, 1.54) is 62.6 Å². The average molecular weight is 590 g/mol. The molecule has 5 rings (SSSR count). The Morgan fingerprint density at radius 2 is 1.17 bits per heavy atom. The van der Waals surface area contributed by atoms with Crippen LogP contribution in [0.3, 0.4) is 0 Å². The minimum atomic E-state index is -4.65. The van der Waals surface area contributed by atoms with Gasteiger partial charge in [0.1, 0.15) is 5.75 Å². The summed E-state index contributed by atoms with van der Waals surface area (Å²) < 4.78 is 67.1. The number of hydrogen-bond donors (Lipinski definition) is 0. The lowest BCUT2D eigenvalue weighted by molar-refractivity contribution is -0.131. The van der Waals surface area contributed by atoms with Gasteiger partial charge in [-0.3, -0.25) is 4.79 Å². The highest BCUT2D eigenvalue weighted by Crippen LogP contribution is 2.46. The van der Waals surface area contributed by atoms with E-state index in [9.17, 15) is 21.6 Å². The molecule has 1 aliphatic rings. The van der Waals surface area contributed by atoms with Crippen molar-refractivity contribution in [1.29, 1.82) is 0 Å². The number of carbonyl (C=O) groups is 1. The maximum absolute atomic E-state index is 14.4. The highest BCUT2D eigenvalue weighted by atomic mass is 32.3. The molecule has 0 radical (unpaired) electrons. The number of methoxy groups -OCH3 is 1. The molecule has 0 N–H and O–H groups in total. The summed E-state index contributed by atoms with van der Waals surface area (Å²) in [4.78, 5) is 17.4. The Bertz CT molecular complexity index is 1720.